The van der Waals surface area contributed by atoms with E-state index in [1.807, 2.05) is 23.1 Å². The number of aliphatic hydroxyl groups is 1. The van der Waals surface area contributed by atoms with Gasteiger partial charge in [-0.25, -0.2) is 4.98 Å². The van der Waals surface area contributed by atoms with Crippen molar-refractivity contribution < 1.29 is 14.6 Å². The number of hydrogen-bond donors (Lipinski definition) is 1. The Morgan fingerprint density at radius 3 is 2.51 bits per heavy atom. The van der Waals surface area contributed by atoms with Gasteiger partial charge in [0.15, 0.2) is 5.82 Å². The molecule has 1 amide bonds. The lowest BCUT2D eigenvalue weighted by Crippen LogP contribution is -2.41. The number of aryl methyl sites for hydroxylation is 1. The minimum absolute atomic E-state index is 0.0249. The summed E-state index contributed by atoms with van der Waals surface area (Å²) in [6.07, 6.45) is 7.15. The van der Waals surface area contributed by atoms with E-state index in [0.29, 0.717) is 30.5 Å². The lowest BCUT2D eigenvalue weighted by atomic mass is 9.78. The molecule has 0 aliphatic heterocycles. The molecule has 0 saturated heterocycles. The number of carbonyl (C=O) groups excluding carboxylic acids is 1. The van der Waals surface area contributed by atoms with Crippen molar-refractivity contribution in [3.8, 4) is 17.1 Å². The van der Waals surface area contributed by atoms with Crippen LogP contribution in [0.5, 0.6) is 5.75 Å². The Labute approximate surface area is 223 Å². The Hall–Kier alpha value is -2.77. The molecule has 37 heavy (non-hydrogen) atoms. The molecule has 1 N–H and O–H groups in total. The lowest BCUT2D eigenvalue weighted by Gasteiger charge is -2.36. The van der Waals surface area contributed by atoms with E-state index < -0.39 is 0 Å². The molecule has 5 rings (SSSR count). The molecule has 0 atom stereocenters. The van der Waals surface area contributed by atoms with E-state index in [2.05, 4.69) is 40.5 Å². The summed E-state index contributed by atoms with van der Waals surface area (Å²) in [7, 11) is 1.72. The highest BCUT2D eigenvalue weighted by molar-refractivity contribution is 7.03. The summed E-state index contributed by atoms with van der Waals surface area (Å²) in [5.74, 6) is 2.84. The maximum Gasteiger partial charge on any atom is 0.230 e. The molecule has 0 unspecified atom stereocenters. The zero-order valence-corrected chi connectivity index (χ0v) is 22.6. The molecule has 2 saturated carbocycles. The van der Waals surface area contributed by atoms with Gasteiger partial charge < -0.3 is 14.7 Å². The first-order valence-corrected chi connectivity index (χ1v) is 14.4. The minimum atomic E-state index is -0.270. The first-order valence-electron chi connectivity index (χ1n) is 13.5. The standard InChI is InChI=1S/C30H37N3O3S/c1-20-16-24(12-15-28(20)36-2)22-8-6-21(7-9-22)18-33(30(35)23-10-13-27(34)14-11-23)26-5-3-4-25(17-26)29-31-19-37-32-29/h3-5,12,15-17,19,21-23,27,34H,6-11,13-14,18H2,1-2H3. The van der Waals surface area contributed by atoms with Gasteiger partial charge in [-0.3, -0.25) is 4.79 Å². The monoisotopic (exact) mass is 519 g/mol. The second kappa shape index (κ2) is 11.7. The molecule has 1 heterocycles. The summed E-state index contributed by atoms with van der Waals surface area (Å²) in [4.78, 5) is 20.3. The van der Waals surface area contributed by atoms with Gasteiger partial charge in [-0.15, -0.1) is 0 Å². The quantitative estimate of drug-likeness (QED) is 0.392. The second-order valence-corrected chi connectivity index (χ2v) is 11.3. The Kier molecular flexibility index (Phi) is 8.20. The smallest absolute Gasteiger partial charge is 0.230 e. The maximum absolute atomic E-state index is 13.9. The van der Waals surface area contributed by atoms with E-state index in [-0.39, 0.29) is 17.9 Å². The summed E-state index contributed by atoms with van der Waals surface area (Å²) in [5.41, 5.74) is 6.19. The third kappa shape index (κ3) is 6.04. The third-order valence-electron chi connectivity index (χ3n) is 8.27. The molecular weight excluding hydrogens is 482 g/mol. The topological polar surface area (TPSA) is 75.5 Å². The highest BCUT2D eigenvalue weighted by Crippen LogP contribution is 2.39. The van der Waals surface area contributed by atoms with Crippen LogP contribution in [0.2, 0.25) is 0 Å². The van der Waals surface area contributed by atoms with Crippen molar-refractivity contribution in [2.45, 2.75) is 70.3 Å². The highest BCUT2D eigenvalue weighted by Gasteiger charge is 2.32. The lowest BCUT2D eigenvalue weighted by molar-refractivity contribution is -0.124. The number of rotatable bonds is 7. The Morgan fingerprint density at radius 2 is 1.84 bits per heavy atom. The van der Waals surface area contributed by atoms with Gasteiger partial charge in [-0.05, 0) is 111 Å². The summed E-state index contributed by atoms with van der Waals surface area (Å²) in [5, 5.41) is 9.99. The minimum Gasteiger partial charge on any atom is -0.496 e. The SMILES string of the molecule is COc1ccc(C2CCC(CN(C(=O)C3CCC(O)CC3)c3cccc(-c4ncsn4)c3)CC2)cc1C. The first-order chi connectivity index (χ1) is 18.0. The van der Waals surface area contributed by atoms with Crippen LogP contribution in [-0.2, 0) is 4.79 Å². The summed E-state index contributed by atoms with van der Waals surface area (Å²) >= 11 is 1.34. The number of amides is 1. The fraction of sp³-hybridized carbons (Fsp3) is 0.500. The third-order valence-corrected chi connectivity index (χ3v) is 8.75. The molecule has 3 aromatic rings. The van der Waals surface area contributed by atoms with E-state index in [9.17, 15) is 9.90 Å². The summed E-state index contributed by atoms with van der Waals surface area (Å²) in [6.45, 7) is 2.84. The Balaban J connectivity index is 1.31. The van der Waals surface area contributed by atoms with Crippen molar-refractivity contribution >= 4 is 23.1 Å². The fourth-order valence-electron chi connectivity index (χ4n) is 6.07. The molecular formula is C30H37N3O3S. The zero-order chi connectivity index (χ0) is 25.8. The van der Waals surface area contributed by atoms with Crippen molar-refractivity contribution in [2.75, 3.05) is 18.6 Å². The number of aromatic nitrogens is 2. The average molecular weight is 520 g/mol. The van der Waals surface area contributed by atoms with Gasteiger partial charge >= 0.3 is 0 Å². The predicted octanol–water partition coefficient (Wildman–Crippen LogP) is 6.38. The number of anilines is 1. The van der Waals surface area contributed by atoms with E-state index in [4.69, 9.17) is 4.74 Å². The second-order valence-electron chi connectivity index (χ2n) is 10.7. The molecule has 1 aromatic heterocycles. The van der Waals surface area contributed by atoms with Crippen LogP contribution in [0.15, 0.2) is 48.0 Å². The molecule has 2 aromatic carbocycles. The van der Waals surface area contributed by atoms with Crippen LogP contribution >= 0.6 is 11.5 Å². The van der Waals surface area contributed by atoms with Crippen molar-refractivity contribution in [2.24, 2.45) is 11.8 Å². The molecule has 0 radical (unpaired) electrons. The van der Waals surface area contributed by atoms with E-state index in [1.165, 1.54) is 22.7 Å². The normalized spacial score (nSPS) is 24.0. The molecule has 6 nitrogen and oxygen atoms in total. The van der Waals surface area contributed by atoms with Gasteiger partial charge in [0.25, 0.3) is 0 Å². The average Bonchev–Trinajstić information content (AvgIpc) is 3.47. The van der Waals surface area contributed by atoms with Crippen LogP contribution in [0.25, 0.3) is 11.4 Å². The Bertz CT molecular complexity index is 1180. The van der Waals surface area contributed by atoms with E-state index >= 15 is 0 Å². The molecule has 0 spiro atoms. The van der Waals surface area contributed by atoms with Gasteiger partial charge in [0, 0.05) is 23.7 Å². The largest absolute Gasteiger partial charge is 0.496 e. The van der Waals surface area contributed by atoms with Gasteiger partial charge in [0.05, 0.1) is 13.2 Å². The fourth-order valence-corrected chi connectivity index (χ4v) is 6.52. The van der Waals surface area contributed by atoms with Crippen LogP contribution < -0.4 is 9.64 Å². The number of aliphatic hydroxyl groups excluding tert-OH is 1. The van der Waals surface area contributed by atoms with Gasteiger partial charge in [-0.1, -0.05) is 24.3 Å². The predicted molar refractivity (Wildman–Crippen MR) is 148 cm³/mol. The maximum atomic E-state index is 13.9. The summed E-state index contributed by atoms with van der Waals surface area (Å²) in [6, 6.07) is 14.7. The van der Waals surface area contributed by atoms with E-state index in [0.717, 1.165) is 62.1 Å². The highest BCUT2D eigenvalue weighted by atomic mass is 32.1. The number of carbonyl (C=O) groups is 1. The first kappa shape index (κ1) is 25.9. The number of ether oxygens (including phenoxy) is 1. The molecule has 7 heteroatoms. The van der Waals surface area contributed by atoms with Crippen molar-refractivity contribution in [3.63, 3.8) is 0 Å². The van der Waals surface area contributed by atoms with Crippen LogP contribution in [0.4, 0.5) is 5.69 Å². The number of methoxy groups -OCH3 is 1. The molecule has 2 aliphatic carbocycles. The van der Waals surface area contributed by atoms with Crippen LogP contribution in [0.1, 0.15) is 68.4 Å². The summed E-state index contributed by atoms with van der Waals surface area (Å²) < 4.78 is 9.83. The number of hydrogen-bond acceptors (Lipinski definition) is 6. The number of nitrogens with zero attached hydrogens (tertiary/aromatic N) is 3. The number of benzene rings is 2. The van der Waals surface area contributed by atoms with Crippen molar-refractivity contribution in [3.05, 3.63) is 59.1 Å². The Morgan fingerprint density at radius 1 is 1.05 bits per heavy atom. The van der Waals surface area contributed by atoms with Gasteiger partial charge in [0.2, 0.25) is 5.91 Å². The molecule has 2 fully saturated rings. The zero-order valence-electron chi connectivity index (χ0n) is 21.8. The molecule has 2 aliphatic rings. The van der Waals surface area contributed by atoms with Crippen LogP contribution in [0, 0.1) is 18.8 Å². The molecule has 196 valence electrons. The van der Waals surface area contributed by atoms with Crippen LogP contribution in [0.3, 0.4) is 0 Å². The van der Waals surface area contributed by atoms with Crippen LogP contribution in [-0.4, -0.2) is 40.1 Å². The van der Waals surface area contributed by atoms with E-state index in [1.54, 1.807) is 12.6 Å². The van der Waals surface area contributed by atoms with Crippen molar-refractivity contribution in [1.29, 1.82) is 0 Å². The molecule has 0 bridgehead atoms. The van der Waals surface area contributed by atoms with Gasteiger partial charge in [0.1, 0.15) is 11.3 Å². The van der Waals surface area contributed by atoms with Crippen molar-refractivity contribution in [1.82, 2.24) is 9.36 Å². The van der Waals surface area contributed by atoms with Gasteiger partial charge in [-0.2, -0.15) is 4.37 Å².